The number of amides is 1. The Bertz CT molecular complexity index is 1010. The predicted octanol–water partition coefficient (Wildman–Crippen LogP) is 3.91. The molecule has 0 saturated carbocycles. The van der Waals surface area contributed by atoms with Crippen molar-refractivity contribution in [1.82, 2.24) is 14.5 Å². The normalized spacial score (nSPS) is 19.4. The quantitative estimate of drug-likeness (QED) is 0.640. The molecule has 6 nitrogen and oxygen atoms in total. The Hall–Kier alpha value is -1.93. The first-order chi connectivity index (χ1) is 15.9. The largest absolute Gasteiger partial charge is 0.353 e. The van der Waals surface area contributed by atoms with Gasteiger partial charge in [-0.05, 0) is 61.4 Å². The van der Waals surface area contributed by atoms with E-state index < -0.39 is 10.0 Å². The number of carbonyl (C=O) groups excluding carboxylic acids is 1. The number of hydrogen-bond donors (Lipinski definition) is 1. The van der Waals surface area contributed by atoms with Crippen molar-refractivity contribution in [2.75, 3.05) is 26.2 Å². The van der Waals surface area contributed by atoms with Gasteiger partial charge in [-0.3, -0.25) is 9.69 Å². The Morgan fingerprint density at radius 1 is 0.909 bits per heavy atom. The van der Waals surface area contributed by atoms with E-state index in [1.165, 1.54) is 9.87 Å². The van der Waals surface area contributed by atoms with E-state index in [9.17, 15) is 13.2 Å². The zero-order valence-corrected chi connectivity index (χ0v) is 20.4. The first kappa shape index (κ1) is 24.2. The number of nitrogens with zero attached hydrogens (tertiary/aromatic N) is 2. The van der Waals surface area contributed by atoms with E-state index in [0.717, 1.165) is 32.5 Å². The average molecular weight is 490 g/mol. The first-order valence-corrected chi connectivity index (χ1v) is 13.5. The van der Waals surface area contributed by atoms with Gasteiger partial charge in [-0.2, -0.15) is 4.31 Å². The molecule has 1 amide bonds. The van der Waals surface area contributed by atoms with Gasteiger partial charge >= 0.3 is 0 Å². The summed E-state index contributed by atoms with van der Waals surface area (Å²) in [4.78, 5) is 15.3. The fraction of sp³-hybridized carbons (Fsp3) is 0.480. The second-order valence-electron chi connectivity index (χ2n) is 9.11. The zero-order valence-electron chi connectivity index (χ0n) is 18.8. The van der Waals surface area contributed by atoms with Crippen molar-refractivity contribution in [3.63, 3.8) is 0 Å². The fourth-order valence-electron chi connectivity index (χ4n) is 4.74. The molecule has 4 rings (SSSR count). The third kappa shape index (κ3) is 6.57. The van der Waals surface area contributed by atoms with Gasteiger partial charge in [0, 0.05) is 50.2 Å². The second kappa shape index (κ2) is 11.0. The Kier molecular flexibility index (Phi) is 8.07. The van der Waals surface area contributed by atoms with Crippen LogP contribution >= 0.6 is 11.6 Å². The van der Waals surface area contributed by atoms with E-state index >= 15 is 0 Å². The molecule has 0 bridgehead atoms. The van der Waals surface area contributed by atoms with Crippen LogP contribution in [0.3, 0.4) is 0 Å². The lowest BCUT2D eigenvalue weighted by Gasteiger charge is -2.33. The number of piperidine rings is 2. The molecule has 2 fully saturated rings. The highest BCUT2D eigenvalue weighted by atomic mass is 35.5. The molecule has 2 aromatic rings. The van der Waals surface area contributed by atoms with E-state index in [0.29, 0.717) is 37.4 Å². The van der Waals surface area contributed by atoms with Crippen molar-refractivity contribution in [3.05, 3.63) is 65.2 Å². The molecule has 1 N–H and O–H groups in total. The lowest BCUT2D eigenvalue weighted by atomic mass is 9.94. The van der Waals surface area contributed by atoms with Gasteiger partial charge in [0.05, 0.1) is 4.90 Å². The van der Waals surface area contributed by atoms with E-state index in [1.54, 1.807) is 24.3 Å². The van der Waals surface area contributed by atoms with Gasteiger partial charge in [-0.15, -0.1) is 0 Å². The summed E-state index contributed by atoms with van der Waals surface area (Å²) in [6.07, 6.45) is 3.82. The summed E-state index contributed by atoms with van der Waals surface area (Å²) in [6, 6.07) is 17.0. The summed E-state index contributed by atoms with van der Waals surface area (Å²) in [5, 5.41) is 3.73. The van der Waals surface area contributed by atoms with Crippen LogP contribution in [0.2, 0.25) is 5.02 Å². The van der Waals surface area contributed by atoms with Gasteiger partial charge < -0.3 is 5.32 Å². The minimum absolute atomic E-state index is 0.0931. The summed E-state index contributed by atoms with van der Waals surface area (Å²) >= 11 is 5.88. The molecule has 0 aromatic heterocycles. The Labute approximate surface area is 202 Å². The molecule has 2 aliphatic heterocycles. The third-order valence-corrected chi connectivity index (χ3v) is 8.87. The molecule has 0 radical (unpaired) electrons. The molecule has 0 aliphatic carbocycles. The maximum Gasteiger partial charge on any atom is 0.243 e. The van der Waals surface area contributed by atoms with Crippen LogP contribution in [0.4, 0.5) is 0 Å². The minimum Gasteiger partial charge on any atom is -0.353 e. The molecule has 8 heteroatoms. The molecule has 2 saturated heterocycles. The lowest BCUT2D eigenvalue weighted by Crippen LogP contribution is -2.45. The lowest BCUT2D eigenvalue weighted by molar-refractivity contribution is -0.123. The Balaban J connectivity index is 1.18. The summed E-state index contributed by atoms with van der Waals surface area (Å²) in [5.74, 6) is 0.315. The van der Waals surface area contributed by atoms with Crippen LogP contribution in [0.15, 0.2) is 59.5 Å². The van der Waals surface area contributed by atoms with Gasteiger partial charge in [0.1, 0.15) is 0 Å². The van der Waals surface area contributed by atoms with Gasteiger partial charge in [0.15, 0.2) is 0 Å². The van der Waals surface area contributed by atoms with Crippen molar-refractivity contribution in [1.29, 1.82) is 0 Å². The van der Waals surface area contributed by atoms with Crippen molar-refractivity contribution in [2.24, 2.45) is 5.92 Å². The van der Waals surface area contributed by atoms with Gasteiger partial charge in [0.25, 0.3) is 0 Å². The number of halogens is 1. The van der Waals surface area contributed by atoms with Crippen LogP contribution in [0.5, 0.6) is 0 Å². The van der Waals surface area contributed by atoms with Crippen LogP contribution in [0.1, 0.15) is 37.7 Å². The molecular weight excluding hydrogens is 458 g/mol. The van der Waals surface area contributed by atoms with Crippen molar-refractivity contribution in [3.8, 4) is 0 Å². The molecule has 0 atom stereocenters. The van der Waals surface area contributed by atoms with Crippen LogP contribution < -0.4 is 5.32 Å². The number of hydrogen-bond acceptors (Lipinski definition) is 4. The summed E-state index contributed by atoms with van der Waals surface area (Å²) in [5.41, 5.74) is 1.32. The van der Waals surface area contributed by atoms with E-state index in [1.807, 2.05) is 6.07 Å². The summed E-state index contributed by atoms with van der Waals surface area (Å²) < 4.78 is 27.2. The molecular formula is C25H32ClN3O3S. The van der Waals surface area contributed by atoms with Crippen LogP contribution in [-0.4, -0.2) is 55.8 Å². The highest BCUT2D eigenvalue weighted by Gasteiger charge is 2.30. The smallest absolute Gasteiger partial charge is 0.243 e. The standard InChI is InChI=1S/C25H32ClN3O3S/c26-22-6-8-24(9-7-22)33(31,32)29-16-10-20(11-17-29)18-25(30)27-23-12-14-28(15-13-23)19-21-4-2-1-3-5-21/h1-9,20,23H,10-19H2,(H,27,30). The summed E-state index contributed by atoms with van der Waals surface area (Å²) in [6.45, 7) is 3.82. The SMILES string of the molecule is O=C(CC1CCN(S(=O)(=O)c2ccc(Cl)cc2)CC1)NC1CCN(Cc2ccccc2)CC1. The molecule has 0 spiro atoms. The number of carbonyl (C=O) groups is 1. The number of sulfonamides is 1. The number of likely N-dealkylation sites (tertiary alicyclic amines) is 1. The molecule has 178 valence electrons. The maximum atomic E-state index is 12.8. The van der Waals surface area contributed by atoms with Crippen molar-refractivity contribution >= 4 is 27.5 Å². The topological polar surface area (TPSA) is 69.7 Å². The average Bonchev–Trinajstić information content (AvgIpc) is 2.82. The Morgan fingerprint density at radius 3 is 2.18 bits per heavy atom. The van der Waals surface area contributed by atoms with Crippen molar-refractivity contribution < 1.29 is 13.2 Å². The van der Waals surface area contributed by atoms with Gasteiger partial charge in [0.2, 0.25) is 15.9 Å². The Morgan fingerprint density at radius 2 is 1.55 bits per heavy atom. The maximum absolute atomic E-state index is 12.8. The first-order valence-electron chi connectivity index (χ1n) is 11.7. The zero-order chi connectivity index (χ0) is 23.3. The van der Waals surface area contributed by atoms with Gasteiger partial charge in [-0.1, -0.05) is 41.9 Å². The monoisotopic (exact) mass is 489 g/mol. The van der Waals surface area contributed by atoms with Crippen molar-refractivity contribution in [2.45, 2.75) is 49.6 Å². The molecule has 2 aliphatic rings. The molecule has 2 aromatic carbocycles. The van der Waals surface area contributed by atoms with E-state index in [-0.39, 0.29) is 22.8 Å². The van der Waals surface area contributed by atoms with E-state index in [4.69, 9.17) is 11.6 Å². The molecule has 2 heterocycles. The highest BCUT2D eigenvalue weighted by Crippen LogP contribution is 2.26. The predicted molar refractivity (Wildman–Crippen MR) is 130 cm³/mol. The molecule has 0 unspecified atom stereocenters. The minimum atomic E-state index is -3.51. The van der Waals surface area contributed by atoms with Crippen LogP contribution in [0, 0.1) is 5.92 Å². The van der Waals surface area contributed by atoms with Gasteiger partial charge in [-0.25, -0.2) is 8.42 Å². The fourth-order valence-corrected chi connectivity index (χ4v) is 6.33. The summed E-state index contributed by atoms with van der Waals surface area (Å²) in [7, 11) is -3.51. The molecule has 33 heavy (non-hydrogen) atoms. The number of benzene rings is 2. The van der Waals surface area contributed by atoms with E-state index in [2.05, 4.69) is 34.5 Å². The van der Waals surface area contributed by atoms with Crippen LogP contribution in [-0.2, 0) is 21.4 Å². The third-order valence-electron chi connectivity index (χ3n) is 6.70. The van der Waals surface area contributed by atoms with Crippen LogP contribution in [0.25, 0.3) is 0 Å². The number of rotatable bonds is 7. The highest BCUT2D eigenvalue weighted by molar-refractivity contribution is 7.89. The number of nitrogens with one attached hydrogen (secondary N) is 1. The second-order valence-corrected chi connectivity index (χ2v) is 11.5.